The number of aromatic amines is 1. The SMILES string of the molecule is CCOC(=O)c1ccc(-c2nc3c(Br)c(N)ccc3[nH]2)cc1. The molecule has 0 fully saturated rings. The number of rotatable bonds is 3. The lowest BCUT2D eigenvalue weighted by Gasteiger charge is -2.02. The Bertz CT molecular complexity index is 840. The van der Waals surface area contributed by atoms with Gasteiger partial charge in [-0.1, -0.05) is 12.1 Å². The summed E-state index contributed by atoms with van der Waals surface area (Å²) in [5, 5.41) is 0. The maximum Gasteiger partial charge on any atom is 0.338 e. The molecule has 3 N–H and O–H groups in total. The highest BCUT2D eigenvalue weighted by Crippen LogP contribution is 2.30. The lowest BCUT2D eigenvalue weighted by Crippen LogP contribution is -2.04. The number of esters is 1. The van der Waals surface area contributed by atoms with Gasteiger partial charge in [0, 0.05) is 11.3 Å². The van der Waals surface area contributed by atoms with E-state index < -0.39 is 0 Å². The van der Waals surface area contributed by atoms with E-state index in [2.05, 4.69) is 25.9 Å². The quantitative estimate of drug-likeness (QED) is 0.551. The summed E-state index contributed by atoms with van der Waals surface area (Å²) in [7, 11) is 0. The molecule has 0 atom stereocenters. The number of benzene rings is 2. The van der Waals surface area contributed by atoms with Crippen LogP contribution >= 0.6 is 15.9 Å². The smallest absolute Gasteiger partial charge is 0.338 e. The Balaban J connectivity index is 1.97. The van der Waals surface area contributed by atoms with Crippen molar-refractivity contribution in [3.63, 3.8) is 0 Å². The predicted octanol–water partition coefficient (Wildman–Crippen LogP) is 3.75. The minimum atomic E-state index is -0.325. The molecular weight excluding hydrogens is 346 g/mol. The van der Waals surface area contributed by atoms with Gasteiger partial charge in [0.05, 0.1) is 22.2 Å². The average molecular weight is 360 g/mol. The number of anilines is 1. The minimum Gasteiger partial charge on any atom is -0.462 e. The number of H-pyrrole nitrogens is 1. The molecule has 0 radical (unpaired) electrons. The summed E-state index contributed by atoms with van der Waals surface area (Å²) in [6, 6.07) is 10.8. The number of nitrogens with two attached hydrogens (primary N) is 1. The normalized spacial score (nSPS) is 10.8. The van der Waals surface area contributed by atoms with E-state index in [0.717, 1.165) is 26.9 Å². The molecule has 6 heteroatoms. The van der Waals surface area contributed by atoms with Crippen LogP contribution in [0.2, 0.25) is 0 Å². The second-order valence-corrected chi connectivity index (χ2v) is 5.54. The van der Waals surface area contributed by atoms with Crippen molar-refractivity contribution in [2.75, 3.05) is 12.3 Å². The average Bonchev–Trinajstić information content (AvgIpc) is 2.96. The number of nitrogen functional groups attached to an aromatic ring is 1. The van der Waals surface area contributed by atoms with Gasteiger partial charge in [0.25, 0.3) is 0 Å². The lowest BCUT2D eigenvalue weighted by molar-refractivity contribution is 0.0526. The van der Waals surface area contributed by atoms with Gasteiger partial charge in [0.1, 0.15) is 11.3 Å². The van der Waals surface area contributed by atoms with Crippen LogP contribution in [-0.2, 0) is 4.74 Å². The molecule has 0 bridgehead atoms. The maximum atomic E-state index is 11.6. The van der Waals surface area contributed by atoms with Crippen molar-refractivity contribution < 1.29 is 9.53 Å². The first-order chi connectivity index (χ1) is 10.6. The molecule has 112 valence electrons. The van der Waals surface area contributed by atoms with Crippen LogP contribution in [0.3, 0.4) is 0 Å². The zero-order valence-electron chi connectivity index (χ0n) is 11.9. The molecule has 0 amide bonds. The Hall–Kier alpha value is -2.34. The third kappa shape index (κ3) is 2.57. The molecule has 5 nitrogen and oxygen atoms in total. The van der Waals surface area contributed by atoms with E-state index in [0.29, 0.717) is 17.9 Å². The number of imidazole rings is 1. The first-order valence-electron chi connectivity index (χ1n) is 6.81. The van der Waals surface area contributed by atoms with E-state index in [1.54, 1.807) is 19.1 Å². The fraction of sp³-hybridized carbons (Fsp3) is 0.125. The molecule has 0 saturated carbocycles. The standard InChI is InChI=1S/C16H14BrN3O2/c1-2-22-16(21)10-5-3-9(4-6-10)15-19-12-8-7-11(18)13(17)14(12)20-15/h3-8H,2,18H2,1H3,(H,19,20). The molecule has 0 spiro atoms. The van der Waals surface area contributed by atoms with Crippen molar-refractivity contribution in [2.24, 2.45) is 0 Å². The van der Waals surface area contributed by atoms with E-state index in [1.165, 1.54) is 0 Å². The van der Waals surface area contributed by atoms with Gasteiger partial charge >= 0.3 is 5.97 Å². The van der Waals surface area contributed by atoms with Crippen LogP contribution < -0.4 is 5.73 Å². The first-order valence-corrected chi connectivity index (χ1v) is 7.60. The highest BCUT2D eigenvalue weighted by molar-refractivity contribution is 9.10. The maximum absolute atomic E-state index is 11.6. The molecule has 0 aliphatic rings. The van der Waals surface area contributed by atoms with Crippen LogP contribution in [0.4, 0.5) is 5.69 Å². The Labute approximate surface area is 135 Å². The molecule has 0 unspecified atom stereocenters. The van der Waals surface area contributed by atoms with Crippen molar-refractivity contribution in [1.82, 2.24) is 9.97 Å². The summed E-state index contributed by atoms with van der Waals surface area (Å²) < 4.78 is 5.74. The second kappa shape index (κ2) is 5.81. The number of nitrogens with one attached hydrogen (secondary N) is 1. The largest absolute Gasteiger partial charge is 0.462 e. The Morgan fingerprint density at radius 1 is 1.27 bits per heavy atom. The lowest BCUT2D eigenvalue weighted by atomic mass is 10.1. The minimum absolute atomic E-state index is 0.325. The third-order valence-electron chi connectivity index (χ3n) is 3.29. The van der Waals surface area contributed by atoms with Gasteiger partial charge in [0.15, 0.2) is 0 Å². The number of hydrogen-bond donors (Lipinski definition) is 2. The molecule has 1 heterocycles. The topological polar surface area (TPSA) is 81.0 Å². The Morgan fingerprint density at radius 2 is 2.00 bits per heavy atom. The zero-order valence-corrected chi connectivity index (χ0v) is 13.5. The first kappa shape index (κ1) is 14.6. The third-order valence-corrected chi connectivity index (χ3v) is 4.13. The fourth-order valence-electron chi connectivity index (χ4n) is 2.17. The van der Waals surface area contributed by atoms with E-state index in [1.807, 2.05) is 24.3 Å². The number of hydrogen-bond acceptors (Lipinski definition) is 4. The molecule has 3 aromatic rings. The van der Waals surface area contributed by atoms with Crippen LogP contribution in [0.5, 0.6) is 0 Å². The number of ether oxygens (including phenoxy) is 1. The molecule has 0 saturated heterocycles. The number of aromatic nitrogens is 2. The zero-order chi connectivity index (χ0) is 15.7. The monoisotopic (exact) mass is 359 g/mol. The van der Waals surface area contributed by atoms with Gasteiger partial charge in [-0.3, -0.25) is 0 Å². The summed E-state index contributed by atoms with van der Waals surface area (Å²) in [5.41, 5.74) is 9.59. The predicted molar refractivity (Wildman–Crippen MR) is 89.6 cm³/mol. The van der Waals surface area contributed by atoms with E-state index >= 15 is 0 Å². The van der Waals surface area contributed by atoms with E-state index in [4.69, 9.17) is 10.5 Å². The summed E-state index contributed by atoms with van der Waals surface area (Å²) in [6.07, 6.45) is 0. The van der Waals surface area contributed by atoms with Gasteiger partial charge in [-0.05, 0) is 47.1 Å². The van der Waals surface area contributed by atoms with Crippen LogP contribution in [-0.4, -0.2) is 22.5 Å². The van der Waals surface area contributed by atoms with Gasteiger partial charge in [0.2, 0.25) is 0 Å². The number of carbonyl (C=O) groups is 1. The highest BCUT2D eigenvalue weighted by atomic mass is 79.9. The molecule has 1 aromatic heterocycles. The van der Waals surface area contributed by atoms with Gasteiger partial charge in [-0.15, -0.1) is 0 Å². The summed E-state index contributed by atoms with van der Waals surface area (Å²) in [5.74, 6) is 0.394. The van der Waals surface area contributed by atoms with Crippen molar-refractivity contribution in [1.29, 1.82) is 0 Å². The van der Waals surface area contributed by atoms with Crippen LogP contribution in [0, 0.1) is 0 Å². The molecule has 0 aliphatic carbocycles. The Kier molecular flexibility index (Phi) is 3.85. The summed E-state index contributed by atoms with van der Waals surface area (Å²) in [4.78, 5) is 19.4. The van der Waals surface area contributed by atoms with Crippen molar-refractivity contribution in [3.05, 3.63) is 46.4 Å². The van der Waals surface area contributed by atoms with Crippen molar-refractivity contribution in [2.45, 2.75) is 6.92 Å². The number of carbonyl (C=O) groups excluding carboxylic acids is 1. The van der Waals surface area contributed by atoms with E-state index in [9.17, 15) is 4.79 Å². The second-order valence-electron chi connectivity index (χ2n) is 4.75. The van der Waals surface area contributed by atoms with Gasteiger partial charge < -0.3 is 15.5 Å². The van der Waals surface area contributed by atoms with Crippen LogP contribution in [0.25, 0.3) is 22.4 Å². The number of halogens is 1. The molecule has 22 heavy (non-hydrogen) atoms. The number of nitrogens with zero attached hydrogens (tertiary/aromatic N) is 1. The molecule has 0 aliphatic heterocycles. The highest BCUT2D eigenvalue weighted by Gasteiger charge is 2.11. The van der Waals surface area contributed by atoms with Crippen molar-refractivity contribution in [3.8, 4) is 11.4 Å². The van der Waals surface area contributed by atoms with Gasteiger partial charge in [-0.25, -0.2) is 9.78 Å². The molecule has 2 aromatic carbocycles. The van der Waals surface area contributed by atoms with Crippen molar-refractivity contribution >= 4 is 38.6 Å². The molecule has 3 rings (SSSR count). The van der Waals surface area contributed by atoms with Gasteiger partial charge in [-0.2, -0.15) is 0 Å². The number of fused-ring (bicyclic) bond motifs is 1. The fourth-order valence-corrected chi connectivity index (χ4v) is 2.61. The van der Waals surface area contributed by atoms with Crippen LogP contribution in [0.15, 0.2) is 40.9 Å². The van der Waals surface area contributed by atoms with E-state index in [-0.39, 0.29) is 5.97 Å². The molecular formula is C16H14BrN3O2. The Morgan fingerprint density at radius 3 is 2.68 bits per heavy atom. The van der Waals surface area contributed by atoms with Crippen LogP contribution in [0.1, 0.15) is 17.3 Å². The summed E-state index contributed by atoms with van der Waals surface area (Å²) >= 11 is 3.45. The summed E-state index contributed by atoms with van der Waals surface area (Å²) in [6.45, 7) is 2.14.